The average Bonchev–Trinajstić information content (AvgIpc) is 3.11. The number of alkyl halides is 3. The van der Waals surface area contributed by atoms with Crippen molar-refractivity contribution >= 4 is 28.1 Å². The number of amides is 1. The number of rotatable bonds is 4. The van der Waals surface area contributed by atoms with Crippen molar-refractivity contribution in [2.75, 3.05) is 0 Å². The van der Waals surface area contributed by atoms with Crippen molar-refractivity contribution in [1.82, 2.24) is 9.88 Å². The van der Waals surface area contributed by atoms with Crippen LogP contribution in [0.2, 0.25) is 0 Å². The summed E-state index contributed by atoms with van der Waals surface area (Å²) in [6.07, 6.45) is -4.68. The molecule has 1 amide bonds. The number of aromatic nitrogens is 1. The molecule has 2 aromatic heterocycles. The molecule has 2 heterocycles. The Morgan fingerprint density at radius 2 is 2.00 bits per heavy atom. The molecule has 0 saturated heterocycles. The summed E-state index contributed by atoms with van der Waals surface area (Å²) in [5.41, 5.74) is -0.726. The average molecular weight is 394 g/mol. The van der Waals surface area contributed by atoms with Crippen LogP contribution in [0.4, 0.5) is 13.2 Å². The molecule has 0 spiro atoms. The highest BCUT2D eigenvalue weighted by molar-refractivity contribution is 7.12. The van der Waals surface area contributed by atoms with Gasteiger partial charge in [-0.15, -0.1) is 11.3 Å². The zero-order valence-corrected chi connectivity index (χ0v) is 15.4. The van der Waals surface area contributed by atoms with Crippen LogP contribution in [0, 0.1) is 6.92 Å². The fourth-order valence-corrected chi connectivity index (χ4v) is 3.57. The van der Waals surface area contributed by atoms with Crippen molar-refractivity contribution in [3.63, 3.8) is 0 Å². The van der Waals surface area contributed by atoms with Gasteiger partial charge < -0.3 is 9.88 Å². The van der Waals surface area contributed by atoms with Crippen molar-refractivity contribution in [3.8, 4) is 0 Å². The predicted molar refractivity (Wildman–Crippen MR) is 99.2 cm³/mol. The van der Waals surface area contributed by atoms with Gasteiger partial charge in [-0.3, -0.25) is 9.59 Å². The van der Waals surface area contributed by atoms with Gasteiger partial charge >= 0.3 is 6.18 Å². The largest absolute Gasteiger partial charge is 0.431 e. The molecule has 0 fully saturated rings. The van der Waals surface area contributed by atoms with E-state index in [0.717, 1.165) is 10.1 Å². The first-order chi connectivity index (χ1) is 12.7. The lowest BCUT2D eigenvalue weighted by atomic mass is 10.1. The van der Waals surface area contributed by atoms with E-state index in [4.69, 9.17) is 0 Å². The second-order valence-electron chi connectivity index (χ2n) is 6.37. The third kappa shape index (κ3) is 4.05. The van der Waals surface area contributed by atoms with Gasteiger partial charge in [-0.25, -0.2) is 0 Å². The number of carbonyl (C=O) groups is 1. The number of benzene rings is 1. The molecule has 3 aromatic rings. The van der Waals surface area contributed by atoms with Crippen molar-refractivity contribution in [2.24, 2.45) is 0 Å². The Labute approximate surface area is 157 Å². The third-order valence-corrected chi connectivity index (χ3v) is 5.00. The number of hydrogen-bond donors (Lipinski definition) is 1. The standard InChI is InChI=1S/C19H17F3N2O2S/c1-11-5-6-14-13(8-11)15(25)9-17(19(20,21)22)24(14)10-12(2)23-18(26)16-4-3-7-27-16/h3-9,12H,10H2,1-2H3,(H,23,26)/t12-/m0/s1. The third-order valence-electron chi connectivity index (χ3n) is 4.14. The molecule has 8 heteroatoms. The molecule has 0 radical (unpaired) electrons. The molecule has 0 aliphatic carbocycles. The minimum Gasteiger partial charge on any atom is -0.347 e. The summed E-state index contributed by atoms with van der Waals surface area (Å²) in [4.78, 5) is 24.8. The first-order valence-corrected chi connectivity index (χ1v) is 9.10. The first kappa shape index (κ1) is 19.2. The van der Waals surface area contributed by atoms with Crippen LogP contribution >= 0.6 is 11.3 Å². The number of carbonyl (C=O) groups excluding carboxylic acids is 1. The van der Waals surface area contributed by atoms with E-state index in [9.17, 15) is 22.8 Å². The Bertz CT molecular complexity index is 1040. The van der Waals surface area contributed by atoms with E-state index < -0.39 is 23.3 Å². The summed E-state index contributed by atoms with van der Waals surface area (Å²) in [6, 6.07) is 8.16. The fourth-order valence-electron chi connectivity index (χ4n) is 2.95. The van der Waals surface area contributed by atoms with Gasteiger partial charge in [-0.2, -0.15) is 13.2 Å². The summed E-state index contributed by atoms with van der Waals surface area (Å²) < 4.78 is 41.6. The lowest BCUT2D eigenvalue weighted by molar-refractivity contribution is -0.143. The monoisotopic (exact) mass is 394 g/mol. The van der Waals surface area contributed by atoms with Gasteiger partial charge in [0.05, 0.1) is 10.4 Å². The maximum atomic E-state index is 13.5. The predicted octanol–water partition coefficient (Wildman–Crippen LogP) is 4.21. The maximum Gasteiger partial charge on any atom is 0.431 e. The second-order valence-corrected chi connectivity index (χ2v) is 7.32. The second kappa shape index (κ2) is 7.19. The number of halogens is 3. The molecular weight excluding hydrogens is 377 g/mol. The van der Waals surface area contributed by atoms with Gasteiger partial charge in [0.1, 0.15) is 5.69 Å². The van der Waals surface area contributed by atoms with Crippen molar-refractivity contribution in [2.45, 2.75) is 32.6 Å². The Balaban J connectivity index is 2.02. The number of nitrogens with one attached hydrogen (secondary N) is 1. The summed E-state index contributed by atoms with van der Waals surface area (Å²) in [5, 5.41) is 4.68. The smallest absolute Gasteiger partial charge is 0.347 e. The number of nitrogens with zero attached hydrogens (tertiary/aromatic N) is 1. The maximum absolute atomic E-state index is 13.5. The van der Waals surface area contributed by atoms with E-state index in [-0.39, 0.29) is 23.4 Å². The van der Waals surface area contributed by atoms with Crippen LogP contribution in [0.15, 0.2) is 46.6 Å². The van der Waals surface area contributed by atoms with Crippen molar-refractivity contribution in [1.29, 1.82) is 0 Å². The number of hydrogen-bond acceptors (Lipinski definition) is 3. The van der Waals surface area contributed by atoms with Crippen LogP contribution in [-0.4, -0.2) is 16.5 Å². The van der Waals surface area contributed by atoms with Gasteiger partial charge in [-0.05, 0) is 37.4 Å². The van der Waals surface area contributed by atoms with Crippen LogP contribution in [0.3, 0.4) is 0 Å². The molecule has 0 saturated carbocycles. The summed E-state index contributed by atoms with van der Waals surface area (Å²) in [7, 11) is 0. The molecule has 0 bridgehead atoms. The van der Waals surface area contributed by atoms with Crippen LogP contribution in [-0.2, 0) is 12.7 Å². The molecule has 1 aromatic carbocycles. The van der Waals surface area contributed by atoms with E-state index in [0.29, 0.717) is 10.9 Å². The molecule has 142 valence electrons. The Morgan fingerprint density at radius 3 is 2.63 bits per heavy atom. The molecule has 0 aliphatic rings. The molecule has 0 aliphatic heterocycles. The number of thiophene rings is 1. The SMILES string of the molecule is Cc1ccc2c(c1)c(=O)cc(C(F)(F)F)n2C[C@H](C)NC(=O)c1cccs1. The molecule has 1 atom stereocenters. The molecule has 3 rings (SSSR count). The highest BCUT2D eigenvalue weighted by Gasteiger charge is 2.35. The minimum absolute atomic E-state index is 0.119. The normalized spacial score (nSPS) is 12.9. The van der Waals surface area contributed by atoms with Crippen LogP contribution in [0.1, 0.15) is 27.9 Å². The molecule has 27 heavy (non-hydrogen) atoms. The molecule has 4 nitrogen and oxygen atoms in total. The summed E-state index contributed by atoms with van der Waals surface area (Å²) in [6.45, 7) is 3.28. The van der Waals surface area contributed by atoms with E-state index >= 15 is 0 Å². The zero-order chi connectivity index (χ0) is 19.8. The van der Waals surface area contributed by atoms with Gasteiger partial charge in [0, 0.05) is 24.0 Å². The number of aryl methyl sites for hydroxylation is 1. The van der Waals surface area contributed by atoms with Gasteiger partial charge in [0.15, 0.2) is 5.43 Å². The van der Waals surface area contributed by atoms with Gasteiger partial charge in [0.2, 0.25) is 0 Å². The van der Waals surface area contributed by atoms with Crippen molar-refractivity contribution in [3.05, 3.63) is 68.1 Å². The zero-order valence-electron chi connectivity index (χ0n) is 14.6. The Hall–Kier alpha value is -2.61. The molecule has 0 unspecified atom stereocenters. The van der Waals surface area contributed by atoms with Crippen molar-refractivity contribution < 1.29 is 18.0 Å². The lowest BCUT2D eigenvalue weighted by Gasteiger charge is -2.22. The summed E-state index contributed by atoms with van der Waals surface area (Å²) in [5.74, 6) is -0.341. The van der Waals surface area contributed by atoms with Crippen LogP contribution in [0.25, 0.3) is 10.9 Å². The van der Waals surface area contributed by atoms with Crippen LogP contribution in [0.5, 0.6) is 0 Å². The van der Waals surface area contributed by atoms with E-state index in [1.54, 1.807) is 43.5 Å². The quantitative estimate of drug-likeness (QED) is 0.721. The Morgan fingerprint density at radius 1 is 1.26 bits per heavy atom. The van der Waals surface area contributed by atoms with Gasteiger partial charge in [-0.1, -0.05) is 17.7 Å². The highest BCUT2D eigenvalue weighted by atomic mass is 32.1. The van der Waals surface area contributed by atoms with E-state index in [1.165, 1.54) is 17.4 Å². The first-order valence-electron chi connectivity index (χ1n) is 8.22. The van der Waals surface area contributed by atoms with E-state index in [1.807, 2.05) is 0 Å². The number of pyridine rings is 1. The molecular formula is C19H17F3N2O2S. The van der Waals surface area contributed by atoms with Gasteiger partial charge in [0.25, 0.3) is 5.91 Å². The highest BCUT2D eigenvalue weighted by Crippen LogP contribution is 2.31. The summed E-state index contributed by atoms with van der Waals surface area (Å²) >= 11 is 1.25. The van der Waals surface area contributed by atoms with E-state index in [2.05, 4.69) is 5.32 Å². The minimum atomic E-state index is -4.68. The van der Waals surface area contributed by atoms with Crippen LogP contribution < -0.4 is 10.7 Å². The molecule has 1 N–H and O–H groups in total. The number of fused-ring (bicyclic) bond motifs is 1. The fraction of sp³-hybridized carbons (Fsp3) is 0.263. The lowest BCUT2D eigenvalue weighted by Crippen LogP contribution is -2.37. The topological polar surface area (TPSA) is 51.1 Å². The Kier molecular flexibility index (Phi) is 5.10.